The number of ether oxygens (including phenoxy) is 2. The van der Waals surface area contributed by atoms with Crippen molar-refractivity contribution in [1.29, 1.82) is 0 Å². The molecule has 8 heteroatoms. The average molecular weight is 480 g/mol. The fraction of sp³-hybridized carbons (Fsp3) is 0.444. The number of methoxy groups -OCH3 is 2. The van der Waals surface area contributed by atoms with E-state index in [0.29, 0.717) is 40.5 Å². The van der Waals surface area contributed by atoms with Crippen LogP contribution in [0.5, 0.6) is 11.5 Å². The lowest BCUT2D eigenvalue weighted by molar-refractivity contribution is -0.134. The maximum atomic E-state index is 13.6. The molecule has 3 amide bonds. The molecule has 186 valence electrons. The van der Waals surface area contributed by atoms with Gasteiger partial charge in [-0.15, -0.1) is 0 Å². The average Bonchev–Trinajstić information content (AvgIpc) is 3.16. The lowest BCUT2D eigenvalue weighted by Crippen LogP contribution is -2.44. The first-order valence-electron chi connectivity index (χ1n) is 12.1. The normalized spacial score (nSPS) is 17.4. The van der Waals surface area contributed by atoms with Crippen LogP contribution in [0.15, 0.2) is 36.4 Å². The Balaban J connectivity index is 1.61. The highest BCUT2D eigenvalue weighted by Crippen LogP contribution is 2.39. The number of nitrogens with zero attached hydrogens (tertiary/aromatic N) is 3. The molecule has 2 aliphatic heterocycles. The minimum atomic E-state index is -0.374. The number of carbonyl (C=O) groups excluding carboxylic acids is 3. The van der Waals surface area contributed by atoms with Gasteiger partial charge in [-0.3, -0.25) is 14.4 Å². The Morgan fingerprint density at radius 2 is 1.86 bits per heavy atom. The molecule has 0 saturated carbocycles. The van der Waals surface area contributed by atoms with Gasteiger partial charge in [-0.25, -0.2) is 4.90 Å². The zero-order valence-electron chi connectivity index (χ0n) is 20.9. The predicted molar refractivity (Wildman–Crippen MR) is 135 cm³/mol. The molecule has 2 aromatic carbocycles. The number of benzene rings is 2. The fourth-order valence-electron chi connectivity index (χ4n) is 4.94. The van der Waals surface area contributed by atoms with Crippen molar-refractivity contribution in [2.24, 2.45) is 5.92 Å². The van der Waals surface area contributed by atoms with Gasteiger partial charge in [-0.2, -0.15) is 0 Å². The second kappa shape index (κ2) is 10.4. The summed E-state index contributed by atoms with van der Waals surface area (Å²) in [4.78, 5) is 45.0. The second-order valence-corrected chi connectivity index (χ2v) is 9.08. The van der Waals surface area contributed by atoms with Gasteiger partial charge in [0.1, 0.15) is 0 Å². The number of piperidine rings is 1. The highest BCUT2D eigenvalue weighted by Gasteiger charge is 2.40. The molecule has 35 heavy (non-hydrogen) atoms. The summed E-state index contributed by atoms with van der Waals surface area (Å²) in [5, 5.41) is 0. The first-order chi connectivity index (χ1) is 16.9. The molecule has 2 heterocycles. The van der Waals surface area contributed by atoms with Crippen LogP contribution in [0.1, 0.15) is 53.3 Å². The largest absolute Gasteiger partial charge is 0.493 e. The van der Waals surface area contributed by atoms with Crippen LogP contribution in [0.25, 0.3) is 0 Å². The molecule has 2 aromatic rings. The standard InChI is InChI=1S/C27H33N3O5/c1-5-6-14-28(2)25(31)18-9-8-15-29(17-18)21-11-7-10-20-24(21)27(33)30(26(20)32)19-12-13-22(34-3)23(16-19)35-4/h7,10-13,16,18H,5-6,8-9,14-15,17H2,1-4H3/t18-/m0/s1. The molecule has 0 aromatic heterocycles. The number of anilines is 2. The Labute approximate surface area is 206 Å². The molecule has 1 fully saturated rings. The van der Waals surface area contributed by atoms with E-state index >= 15 is 0 Å². The number of imide groups is 1. The molecule has 0 bridgehead atoms. The molecule has 8 nitrogen and oxygen atoms in total. The van der Waals surface area contributed by atoms with Crippen LogP contribution in [0.3, 0.4) is 0 Å². The maximum Gasteiger partial charge on any atom is 0.268 e. The minimum Gasteiger partial charge on any atom is -0.493 e. The van der Waals surface area contributed by atoms with Crippen LogP contribution in [0.2, 0.25) is 0 Å². The number of hydrogen-bond donors (Lipinski definition) is 0. The lowest BCUT2D eigenvalue weighted by atomic mass is 9.95. The Bertz CT molecular complexity index is 1130. The van der Waals surface area contributed by atoms with E-state index in [4.69, 9.17) is 9.47 Å². The van der Waals surface area contributed by atoms with E-state index in [1.165, 1.54) is 19.1 Å². The fourth-order valence-corrected chi connectivity index (χ4v) is 4.94. The first-order valence-corrected chi connectivity index (χ1v) is 12.1. The van der Waals surface area contributed by atoms with Crippen molar-refractivity contribution in [2.75, 3.05) is 50.7 Å². The quantitative estimate of drug-likeness (QED) is 0.533. The summed E-state index contributed by atoms with van der Waals surface area (Å²) in [6, 6.07) is 10.3. The predicted octanol–water partition coefficient (Wildman–Crippen LogP) is 3.98. The molecular formula is C27H33N3O5. The van der Waals surface area contributed by atoms with Gasteiger partial charge in [0.15, 0.2) is 11.5 Å². The van der Waals surface area contributed by atoms with Gasteiger partial charge in [0, 0.05) is 32.7 Å². The summed E-state index contributed by atoms with van der Waals surface area (Å²) in [5.74, 6) is 0.220. The van der Waals surface area contributed by atoms with Crippen molar-refractivity contribution in [3.8, 4) is 11.5 Å². The monoisotopic (exact) mass is 479 g/mol. The second-order valence-electron chi connectivity index (χ2n) is 9.08. The smallest absolute Gasteiger partial charge is 0.268 e. The molecule has 0 spiro atoms. The van der Waals surface area contributed by atoms with Crippen molar-refractivity contribution in [2.45, 2.75) is 32.6 Å². The summed E-state index contributed by atoms with van der Waals surface area (Å²) in [7, 11) is 4.90. The third kappa shape index (κ3) is 4.57. The lowest BCUT2D eigenvalue weighted by Gasteiger charge is -2.36. The van der Waals surface area contributed by atoms with Crippen molar-refractivity contribution in [3.05, 3.63) is 47.5 Å². The van der Waals surface area contributed by atoms with Gasteiger partial charge in [-0.1, -0.05) is 19.4 Å². The molecule has 1 saturated heterocycles. The van der Waals surface area contributed by atoms with E-state index in [9.17, 15) is 14.4 Å². The molecule has 4 rings (SSSR count). The van der Waals surface area contributed by atoms with E-state index in [1.807, 2.05) is 18.0 Å². The minimum absolute atomic E-state index is 0.129. The van der Waals surface area contributed by atoms with Gasteiger partial charge in [0.25, 0.3) is 11.8 Å². The van der Waals surface area contributed by atoms with Crippen LogP contribution in [0.4, 0.5) is 11.4 Å². The van der Waals surface area contributed by atoms with E-state index in [1.54, 1.807) is 30.3 Å². The van der Waals surface area contributed by atoms with Crippen LogP contribution >= 0.6 is 0 Å². The number of amides is 3. The zero-order valence-corrected chi connectivity index (χ0v) is 20.9. The van der Waals surface area contributed by atoms with E-state index < -0.39 is 0 Å². The van der Waals surface area contributed by atoms with Crippen LogP contribution in [-0.4, -0.2) is 63.5 Å². The van der Waals surface area contributed by atoms with Crippen molar-refractivity contribution < 1.29 is 23.9 Å². The summed E-state index contributed by atoms with van der Waals surface area (Å²) in [6.07, 6.45) is 3.69. The molecule has 0 aliphatic carbocycles. The van der Waals surface area contributed by atoms with Crippen molar-refractivity contribution >= 4 is 29.1 Å². The summed E-state index contributed by atoms with van der Waals surface area (Å²) < 4.78 is 10.6. The molecule has 0 radical (unpaired) electrons. The maximum absolute atomic E-state index is 13.6. The number of unbranched alkanes of at least 4 members (excludes halogenated alkanes) is 1. The summed E-state index contributed by atoms with van der Waals surface area (Å²) in [5.41, 5.74) is 1.89. The van der Waals surface area contributed by atoms with E-state index in [-0.39, 0.29) is 23.6 Å². The Kier molecular flexibility index (Phi) is 7.28. The number of rotatable bonds is 8. The van der Waals surface area contributed by atoms with Gasteiger partial charge in [0.05, 0.1) is 42.6 Å². The van der Waals surface area contributed by atoms with Crippen LogP contribution in [-0.2, 0) is 4.79 Å². The van der Waals surface area contributed by atoms with Crippen LogP contribution < -0.4 is 19.3 Å². The Morgan fingerprint density at radius 3 is 2.57 bits per heavy atom. The van der Waals surface area contributed by atoms with Gasteiger partial charge in [-0.05, 0) is 43.5 Å². The highest BCUT2D eigenvalue weighted by molar-refractivity contribution is 6.36. The molecule has 2 aliphatic rings. The Morgan fingerprint density at radius 1 is 1.09 bits per heavy atom. The van der Waals surface area contributed by atoms with Crippen molar-refractivity contribution in [3.63, 3.8) is 0 Å². The molecule has 0 unspecified atom stereocenters. The SMILES string of the molecule is CCCCN(C)C(=O)[C@H]1CCCN(c2cccc3c2C(=O)N(c2ccc(OC)c(OC)c2)C3=O)C1. The molecular weight excluding hydrogens is 446 g/mol. The molecule has 0 N–H and O–H groups in total. The number of hydrogen-bond acceptors (Lipinski definition) is 6. The number of fused-ring (bicyclic) bond motifs is 1. The zero-order chi connectivity index (χ0) is 25.1. The van der Waals surface area contributed by atoms with E-state index in [2.05, 4.69) is 11.8 Å². The third-order valence-corrected chi connectivity index (χ3v) is 6.85. The summed E-state index contributed by atoms with van der Waals surface area (Å²) >= 11 is 0. The van der Waals surface area contributed by atoms with Gasteiger partial charge in [0.2, 0.25) is 5.91 Å². The third-order valence-electron chi connectivity index (χ3n) is 6.85. The highest BCUT2D eigenvalue weighted by atomic mass is 16.5. The molecule has 1 atom stereocenters. The van der Waals surface area contributed by atoms with Gasteiger partial charge >= 0.3 is 0 Å². The van der Waals surface area contributed by atoms with Crippen LogP contribution in [0, 0.1) is 5.92 Å². The van der Waals surface area contributed by atoms with E-state index in [0.717, 1.165) is 38.8 Å². The van der Waals surface area contributed by atoms with Gasteiger partial charge < -0.3 is 19.3 Å². The number of carbonyl (C=O) groups is 3. The topological polar surface area (TPSA) is 79.4 Å². The first kappa shape index (κ1) is 24.6. The summed E-state index contributed by atoms with van der Waals surface area (Å²) in [6.45, 7) is 4.13. The Hall–Kier alpha value is -3.55. The van der Waals surface area contributed by atoms with Crippen molar-refractivity contribution in [1.82, 2.24) is 4.90 Å².